The van der Waals surface area contributed by atoms with Crippen LogP contribution in [0.3, 0.4) is 0 Å². The van der Waals surface area contributed by atoms with Gasteiger partial charge in [-0.3, -0.25) is 18.2 Å². The molecule has 6 nitrogen and oxygen atoms in total. The molecule has 1 aliphatic heterocycles. The molecule has 0 aliphatic carbocycles. The van der Waals surface area contributed by atoms with Crippen molar-refractivity contribution in [3.8, 4) is 0 Å². The van der Waals surface area contributed by atoms with E-state index in [-0.39, 0.29) is 118 Å². The van der Waals surface area contributed by atoms with E-state index in [2.05, 4.69) is 13.4 Å². The fraction of sp³-hybridized carbons (Fsp3) is 1.00. The zero-order chi connectivity index (χ0) is 7.56. The predicted octanol–water partition coefficient (Wildman–Crippen LogP) is -1.38. The van der Waals surface area contributed by atoms with Gasteiger partial charge in [0.2, 0.25) is 0 Å². The molecule has 1 N–H and O–H groups in total. The summed E-state index contributed by atoms with van der Waals surface area (Å²) >= 11 is 0. The van der Waals surface area contributed by atoms with Gasteiger partial charge in [-0.25, -0.2) is 4.31 Å². The van der Waals surface area contributed by atoms with Crippen LogP contribution in [-0.2, 0) is 22.5 Å². The molecule has 0 aromatic heterocycles. The van der Waals surface area contributed by atoms with E-state index >= 15 is 0 Å². The zero-order valence-corrected chi connectivity index (χ0v) is 18.8. The van der Waals surface area contributed by atoms with Gasteiger partial charge in [0.25, 0.3) is 0 Å². The summed E-state index contributed by atoms with van der Waals surface area (Å²) in [5, 5.41) is 8.38. The maximum atomic E-state index is 10.4. The van der Waals surface area contributed by atoms with E-state index in [1.54, 1.807) is 0 Å². The smallest absolute Gasteiger partial charge is 0.328 e. The Balaban J connectivity index is -0.000000125. The van der Waals surface area contributed by atoms with Crippen LogP contribution in [0.15, 0.2) is 0 Å². The Morgan fingerprint density at radius 1 is 1.00 bits per heavy atom. The summed E-state index contributed by atoms with van der Waals surface area (Å²) in [6.45, 7) is -0.476. The summed E-state index contributed by atoms with van der Waals surface area (Å²) in [6, 6.07) is 0. The van der Waals surface area contributed by atoms with Crippen LogP contribution in [0.5, 0.6) is 0 Å². The summed E-state index contributed by atoms with van der Waals surface area (Å²) in [6.07, 6.45) is -1.06. The first kappa shape index (κ1) is 26.8. The van der Waals surface area contributed by atoms with Crippen LogP contribution >= 0.6 is 16.5 Å². The average molecular weight is 280 g/mol. The molecule has 0 amide bonds. The standard InChI is InChI=1S/C2H6O6P2.4Na/c3-1-2-6-9(4)8-10(5)7-2;;;;/h2-3,9-10H,1H2;;;;. The van der Waals surface area contributed by atoms with Crippen LogP contribution in [0.2, 0.25) is 0 Å². The molecule has 0 aromatic carbocycles. The molecule has 0 aromatic rings. The van der Waals surface area contributed by atoms with Crippen LogP contribution in [0.4, 0.5) is 0 Å². The molecule has 12 heteroatoms. The second-order valence-electron chi connectivity index (χ2n) is 1.45. The third-order valence-corrected chi connectivity index (χ3v) is 3.02. The predicted molar refractivity (Wildman–Crippen MR) is 55.1 cm³/mol. The second-order valence-corrected chi connectivity index (χ2v) is 3.74. The normalized spacial score (nSPS) is 29.6. The van der Waals surface area contributed by atoms with Gasteiger partial charge >= 0.3 is 16.5 Å². The molecular weight excluding hydrogens is 274 g/mol. The summed E-state index contributed by atoms with van der Waals surface area (Å²) in [5.74, 6) is 0. The van der Waals surface area contributed by atoms with Gasteiger partial charge in [-0.2, -0.15) is 0 Å². The number of aliphatic hydroxyl groups is 1. The molecule has 1 rings (SSSR count). The van der Waals surface area contributed by atoms with Crippen molar-refractivity contribution in [3.05, 3.63) is 0 Å². The molecule has 1 heterocycles. The van der Waals surface area contributed by atoms with Crippen molar-refractivity contribution in [2.24, 2.45) is 0 Å². The molecular formula is C2H6Na4O6P2. The molecule has 64 valence electrons. The largest absolute Gasteiger partial charge is 0.391 e. The van der Waals surface area contributed by atoms with Gasteiger partial charge in [0.1, 0.15) is 0 Å². The minimum absolute atomic E-state index is 0. The molecule has 2 atom stereocenters. The van der Waals surface area contributed by atoms with Gasteiger partial charge in [-0.05, 0) is 0 Å². The van der Waals surface area contributed by atoms with Gasteiger partial charge in [-0.1, -0.05) is 0 Å². The number of hydrogen-bond acceptors (Lipinski definition) is 6. The molecule has 2 unspecified atom stereocenters. The van der Waals surface area contributed by atoms with Crippen LogP contribution in [0.25, 0.3) is 0 Å². The topological polar surface area (TPSA) is 82.1 Å². The Kier molecular flexibility index (Phi) is 29.4. The van der Waals surface area contributed by atoms with E-state index in [4.69, 9.17) is 5.11 Å². The minimum atomic E-state index is -2.70. The van der Waals surface area contributed by atoms with Gasteiger partial charge < -0.3 is 5.11 Å². The maximum absolute atomic E-state index is 10.4. The molecule has 14 heavy (non-hydrogen) atoms. The van der Waals surface area contributed by atoms with Crippen molar-refractivity contribution in [1.82, 2.24) is 0 Å². The third-order valence-electron chi connectivity index (χ3n) is 0.771. The van der Waals surface area contributed by atoms with E-state index in [0.717, 1.165) is 0 Å². The molecule has 0 saturated carbocycles. The molecule has 0 bridgehead atoms. The third kappa shape index (κ3) is 11.4. The van der Waals surface area contributed by atoms with E-state index in [0.29, 0.717) is 0 Å². The Bertz CT molecular complexity index is 163. The summed E-state index contributed by atoms with van der Waals surface area (Å²) in [4.78, 5) is 0. The zero-order valence-electron chi connectivity index (χ0n) is 8.77. The monoisotopic (exact) mass is 280 g/mol. The van der Waals surface area contributed by atoms with Gasteiger partial charge in [-0.15, -0.1) is 0 Å². The second kappa shape index (κ2) is 15.4. The molecule has 0 spiro atoms. The Hall–Kier alpha value is 4.30. The fourth-order valence-electron chi connectivity index (χ4n) is 0.429. The van der Waals surface area contributed by atoms with Crippen LogP contribution < -0.4 is 0 Å². The molecule has 1 saturated heterocycles. The Morgan fingerprint density at radius 2 is 1.36 bits per heavy atom. The molecule has 4 radical (unpaired) electrons. The van der Waals surface area contributed by atoms with Crippen molar-refractivity contribution in [2.75, 3.05) is 6.61 Å². The first-order chi connectivity index (χ1) is 4.72. The quantitative estimate of drug-likeness (QED) is 0.471. The van der Waals surface area contributed by atoms with Crippen molar-refractivity contribution < 1.29 is 27.6 Å². The van der Waals surface area contributed by atoms with Gasteiger partial charge in [0.15, 0.2) is 6.29 Å². The minimum Gasteiger partial charge on any atom is -0.391 e. The fourth-order valence-corrected chi connectivity index (χ4v) is 2.13. The van der Waals surface area contributed by atoms with Gasteiger partial charge in [0.05, 0.1) is 6.61 Å². The van der Waals surface area contributed by atoms with Crippen molar-refractivity contribution in [1.29, 1.82) is 0 Å². The SMILES string of the molecule is O=[PH]1OC(CO)O[PH](=O)O1.[Na].[Na].[Na].[Na]. The first-order valence-corrected chi connectivity index (χ1v) is 4.87. The number of rotatable bonds is 1. The number of hydrogen-bond donors (Lipinski definition) is 1. The van der Waals surface area contributed by atoms with Crippen LogP contribution in [0, 0.1) is 0 Å². The first-order valence-electron chi connectivity index (χ1n) is 2.42. The summed E-state index contributed by atoms with van der Waals surface area (Å²) in [7, 11) is -5.41. The molecule has 1 aliphatic rings. The van der Waals surface area contributed by atoms with E-state index < -0.39 is 29.4 Å². The van der Waals surface area contributed by atoms with Gasteiger partial charge in [0, 0.05) is 118 Å². The molecule has 1 fully saturated rings. The van der Waals surface area contributed by atoms with E-state index in [1.165, 1.54) is 0 Å². The average Bonchev–Trinajstić information content (AvgIpc) is 1.85. The summed E-state index contributed by atoms with van der Waals surface area (Å²) < 4.78 is 33.8. The number of aliphatic hydroxyl groups excluding tert-OH is 1. The van der Waals surface area contributed by atoms with E-state index in [1.807, 2.05) is 0 Å². The van der Waals surface area contributed by atoms with Crippen molar-refractivity contribution in [2.45, 2.75) is 6.29 Å². The van der Waals surface area contributed by atoms with Crippen LogP contribution in [0.1, 0.15) is 0 Å². The van der Waals surface area contributed by atoms with E-state index in [9.17, 15) is 9.13 Å². The van der Waals surface area contributed by atoms with Crippen molar-refractivity contribution in [3.63, 3.8) is 0 Å². The summed E-state index contributed by atoms with van der Waals surface area (Å²) in [5.41, 5.74) is 0. The maximum Gasteiger partial charge on any atom is 0.328 e. The van der Waals surface area contributed by atoms with Crippen LogP contribution in [-0.4, -0.2) is 136 Å². The van der Waals surface area contributed by atoms with Crippen molar-refractivity contribution >= 4 is 135 Å². The Morgan fingerprint density at radius 3 is 1.64 bits per heavy atom. The Labute approximate surface area is 172 Å².